The lowest BCUT2D eigenvalue weighted by Crippen LogP contribution is -2.21. The van der Waals surface area contributed by atoms with E-state index in [0.29, 0.717) is 17.4 Å². The van der Waals surface area contributed by atoms with Gasteiger partial charge in [0.2, 0.25) is 0 Å². The summed E-state index contributed by atoms with van der Waals surface area (Å²) in [5.41, 5.74) is 2.75. The first kappa shape index (κ1) is 18.3. The van der Waals surface area contributed by atoms with Gasteiger partial charge in [-0.05, 0) is 54.3 Å². The van der Waals surface area contributed by atoms with Crippen LogP contribution < -0.4 is 14.8 Å². The van der Waals surface area contributed by atoms with Gasteiger partial charge >= 0.3 is 0 Å². The van der Waals surface area contributed by atoms with E-state index in [4.69, 9.17) is 9.47 Å². The Morgan fingerprint density at radius 1 is 1.17 bits per heavy atom. The minimum absolute atomic E-state index is 0.0571. The highest BCUT2D eigenvalue weighted by molar-refractivity contribution is 9.10. The molecule has 0 atom stereocenters. The van der Waals surface area contributed by atoms with E-state index >= 15 is 0 Å². The van der Waals surface area contributed by atoms with Gasteiger partial charge in [0.15, 0.2) is 6.61 Å². The van der Waals surface area contributed by atoms with E-state index in [1.54, 1.807) is 7.11 Å². The zero-order valence-corrected chi connectivity index (χ0v) is 15.9. The normalized spacial score (nSPS) is 10.6. The number of halogens is 1. The molecule has 128 valence electrons. The number of carbonyl (C=O) groups excluding carboxylic acids is 1. The fraction of sp³-hybridized carbons (Fsp3) is 0.316. The van der Waals surface area contributed by atoms with Crippen LogP contribution in [-0.4, -0.2) is 19.6 Å². The van der Waals surface area contributed by atoms with Crippen LogP contribution in [0.5, 0.6) is 11.5 Å². The van der Waals surface area contributed by atoms with Gasteiger partial charge in [-0.15, -0.1) is 0 Å². The predicted molar refractivity (Wildman–Crippen MR) is 100 cm³/mol. The first-order valence-electron chi connectivity index (χ1n) is 7.77. The van der Waals surface area contributed by atoms with Crippen molar-refractivity contribution in [3.8, 4) is 11.5 Å². The van der Waals surface area contributed by atoms with Gasteiger partial charge in [-0.25, -0.2) is 0 Å². The molecule has 0 bridgehead atoms. The van der Waals surface area contributed by atoms with Crippen LogP contribution in [0.25, 0.3) is 0 Å². The largest absolute Gasteiger partial charge is 0.495 e. The monoisotopic (exact) mass is 391 g/mol. The van der Waals surface area contributed by atoms with Gasteiger partial charge in [0, 0.05) is 4.47 Å². The zero-order valence-electron chi connectivity index (χ0n) is 14.4. The minimum Gasteiger partial charge on any atom is -0.495 e. The number of hydrogen-bond donors (Lipinski definition) is 1. The summed E-state index contributed by atoms with van der Waals surface area (Å²) in [7, 11) is 1.58. The number of aryl methyl sites for hydroxylation is 1. The van der Waals surface area contributed by atoms with Crippen LogP contribution in [-0.2, 0) is 4.79 Å². The lowest BCUT2D eigenvalue weighted by atomic mass is 10.0. The summed E-state index contributed by atoms with van der Waals surface area (Å²) in [6, 6.07) is 11.4. The molecule has 2 aromatic carbocycles. The average molecular weight is 392 g/mol. The van der Waals surface area contributed by atoms with Crippen molar-refractivity contribution in [2.45, 2.75) is 26.7 Å². The molecule has 4 nitrogen and oxygen atoms in total. The first-order chi connectivity index (χ1) is 11.4. The Balaban J connectivity index is 2.06. The Morgan fingerprint density at radius 2 is 1.88 bits per heavy atom. The second kappa shape index (κ2) is 8.20. The van der Waals surface area contributed by atoms with Crippen LogP contribution in [0, 0.1) is 6.92 Å². The number of anilines is 1. The zero-order chi connectivity index (χ0) is 17.7. The predicted octanol–water partition coefficient (Wildman–Crippen LogP) is 4.91. The molecule has 1 N–H and O–H groups in total. The fourth-order valence-corrected chi connectivity index (χ4v) is 2.73. The van der Waals surface area contributed by atoms with Gasteiger partial charge in [0.05, 0.1) is 12.8 Å². The molecule has 0 saturated carbocycles. The third-order valence-corrected chi connectivity index (χ3v) is 4.07. The minimum atomic E-state index is -0.225. The molecular weight excluding hydrogens is 370 g/mol. The average Bonchev–Trinajstić information content (AvgIpc) is 2.53. The summed E-state index contributed by atoms with van der Waals surface area (Å²) >= 11 is 3.46. The lowest BCUT2D eigenvalue weighted by Gasteiger charge is -2.15. The van der Waals surface area contributed by atoms with E-state index in [9.17, 15) is 4.79 Å². The second-order valence-corrected chi connectivity index (χ2v) is 6.79. The first-order valence-corrected chi connectivity index (χ1v) is 8.56. The highest BCUT2D eigenvalue weighted by atomic mass is 79.9. The van der Waals surface area contributed by atoms with Crippen molar-refractivity contribution in [2.24, 2.45) is 0 Å². The Labute approximate surface area is 151 Å². The summed E-state index contributed by atoms with van der Waals surface area (Å²) in [5.74, 6) is 1.42. The quantitative estimate of drug-likeness (QED) is 0.760. The van der Waals surface area contributed by atoms with E-state index in [-0.39, 0.29) is 12.5 Å². The van der Waals surface area contributed by atoms with E-state index in [2.05, 4.69) is 35.1 Å². The van der Waals surface area contributed by atoms with Crippen LogP contribution >= 0.6 is 15.9 Å². The molecule has 0 aliphatic heterocycles. The van der Waals surface area contributed by atoms with E-state index in [1.807, 2.05) is 43.3 Å². The van der Waals surface area contributed by atoms with Crippen LogP contribution in [0.4, 0.5) is 5.69 Å². The van der Waals surface area contributed by atoms with Crippen LogP contribution in [0.15, 0.2) is 40.9 Å². The molecule has 0 saturated heterocycles. The van der Waals surface area contributed by atoms with Gasteiger partial charge in [0.25, 0.3) is 5.91 Å². The molecule has 0 spiro atoms. The molecule has 24 heavy (non-hydrogen) atoms. The maximum Gasteiger partial charge on any atom is 0.262 e. The van der Waals surface area contributed by atoms with Crippen LogP contribution in [0.3, 0.4) is 0 Å². The molecule has 5 heteroatoms. The number of benzene rings is 2. The Kier molecular flexibility index (Phi) is 6.26. The number of rotatable bonds is 6. The van der Waals surface area contributed by atoms with Gasteiger partial charge in [-0.3, -0.25) is 4.79 Å². The molecule has 0 aliphatic rings. The molecule has 0 unspecified atom stereocenters. The topological polar surface area (TPSA) is 47.6 Å². The van der Waals surface area contributed by atoms with Crippen LogP contribution in [0.1, 0.15) is 30.9 Å². The SMILES string of the molecule is COc1ccc(C)cc1NC(=O)COc1ccc(Br)cc1C(C)C. The van der Waals surface area contributed by atoms with Crippen molar-refractivity contribution in [3.05, 3.63) is 52.0 Å². The molecule has 0 aromatic heterocycles. The summed E-state index contributed by atoms with van der Waals surface area (Å²) in [5, 5.41) is 2.83. The number of hydrogen-bond acceptors (Lipinski definition) is 3. The van der Waals surface area contributed by atoms with Crippen LogP contribution in [0.2, 0.25) is 0 Å². The third-order valence-electron chi connectivity index (χ3n) is 3.58. The summed E-state index contributed by atoms with van der Waals surface area (Å²) in [6.45, 7) is 6.08. The van der Waals surface area contributed by atoms with Crippen molar-refractivity contribution in [3.63, 3.8) is 0 Å². The van der Waals surface area contributed by atoms with Crippen molar-refractivity contribution >= 4 is 27.5 Å². The highest BCUT2D eigenvalue weighted by Gasteiger charge is 2.12. The molecule has 0 heterocycles. The van der Waals surface area contributed by atoms with Gasteiger partial charge in [-0.1, -0.05) is 35.8 Å². The lowest BCUT2D eigenvalue weighted by molar-refractivity contribution is -0.118. The van der Waals surface area contributed by atoms with Crippen molar-refractivity contribution in [1.29, 1.82) is 0 Å². The number of methoxy groups -OCH3 is 1. The van der Waals surface area contributed by atoms with Gasteiger partial charge in [0.1, 0.15) is 11.5 Å². The number of nitrogens with one attached hydrogen (secondary N) is 1. The third kappa shape index (κ3) is 4.74. The van der Waals surface area contributed by atoms with Crippen molar-refractivity contribution in [2.75, 3.05) is 19.0 Å². The number of amides is 1. The molecule has 1 amide bonds. The van der Waals surface area contributed by atoms with Crippen molar-refractivity contribution in [1.82, 2.24) is 0 Å². The second-order valence-electron chi connectivity index (χ2n) is 5.88. The van der Waals surface area contributed by atoms with E-state index in [1.165, 1.54) is 0 Å². The molecular formula is C19H22BrNO3. The molecule has 2 aromatic rings. The van der Waals surface area contributed by atoms with Gasteiger partial charge < -0.3 is 14.8 Å². The Bertz CT molecular complexity index is 729. The molecule has 2 rings (SSSR count). The summed E-state index contributed by atoms with van der Waals surface area (Å²) in [6.07, 6.45) is 0. The van der Waals surface area contributed by atoms with Gasteiger partial charge in [-0.2, -0.15) is 0 Å². The number of ether oxygens (including phenoxy) is 2. The number of carbonyl (C=O) groups is 1. The fourth-order valence-electron chi connectivity index (χ4n) is 2.35. The molecule has 0 fully saturated rings. The molecule has 0 radical (unpaired) electrons. The van der Waals surface area contributed by atoms with E-state index in [0.717, 1.165) is 21.3 Å². The Morgan fingerprint density at radius 3 is 2.54 bits per heavy atom. The summed E-state index contributed by atoms with van der Waals surface area (Å²) < 4.78 is 12.0. The Hall–Kier alpha value is -2.01. The molecule has 0 aliphatic carbocycles. The maximum atomic E-state index is 12.2. The maximum absolute atomic E-state index is 12.2. The highest BCUT2D eigenvalue weighted by Crippen LogP contribution is 2.30. The van der Waals surface area contributed by atoms with Crippen molar-refractivity contribution < 1.29 is 14.3 Å². The van der Waals surface area contributed by atoms with E-state index < -0.39 is 0 Å². The summed E-state index contributed by atoms with van der Waals surface area (Å²) in [4.78, 5) is 12.2. The standard InChI is InChI=1S/C19H22BrNO3/c1-12(2)15-10-14(20)6-8-17(15)24-11-19(22)21-16-9-13(3)5-7-18(16)23-4/h5-10,12H,11H2,1-4H3,(H,21,22). The smallest absolute Gasteiger partial charge is 0.262 e.